The highest BCUT2D eigenvalue weighted by atomic mass is 16.1. The Kier molecular flexibility index (Phi) is 5.68. The summed E-state index contributed by atoms with van der Waals surface area (Å²) in [6, 6.07) is 11.8. The van der Waals surface area contributed by atoms with Crippen LogP contribution in [0.1, 0.15) is 27.2 Å². The van der Waals surface area contributed by atoms with Crippen molar-refractivity contribution in [3.63, 3.8) is 0 Å². The van der Waals surface area contributed by atoms with Crippen LogP contribution < -0.4 is 5.32 Å². The lowest BCUT2D eigenvalue weighted by molar-refractivity contribution is -0.117. The minimum absolute atomic E-state index is 0.0412. The minimum Gasteiger partial charge on any atom is -0.352 e. The second kappa shape index (κ2) is 9.19. The zero-order valence-corrected chi connectivity index (χ0v) is 21.3. The third-order valence-electron chi connectivity index (χ3n) is 6.21. The molecule has 6 rings (SSSR count). The van der Waals surface area contributed by atoms with Gasteiger partial charge in [-0.15, -0.1) is 0 Å². The molecule has 6 aromatic heterocycles. The van der Waals surface area contributed by atoms with Crippen LogP contribution in [0.3, 0.4) is 0 Å². The van der Waals surface area contributed by atoms with Gasteiger partial charge < -0.3 is 10.3 Å². The predicted octanol–water partition coefficient (Wildman–Crippen LogP) is 6.00. The van der Waals surface area contributed by atoms with E-state index in [-0.39, 0.29) is 11.3 Å². The molecule has 0 aliphatic heterocycles. The van der Waals surface area contributed by atoms with Crippen molar-refractivity contribution < 1.29 is 4.79 Å². The first kappa shape index (κ1) is 23.5. The number of fused-ring (bicyclic) bond motifs is 2. The first-order chi connectivity index (χ1) is 18.3. The van der Waals surface area contributed by atoms with Crippen LogP contribution in [0.2, 0.25) is 0 Å². The van der Waals surface area contributed by atoms with E-state index in [1.165, 1.54) is 0 Å². The quantitative estimate of drug-likeness (QED) is 0.265. The number of aromatic nitrogens is 7. The van der Waals surface area contributed by atoms with E-state index in [0.29, 0.717) is 17.8 Å². The van der Waals surface area contributed by atoms with Gasteiger partial charge in [0.2, 0.25) is 5.91 Å². The number of pyridine rings is 4. The number of aromatic amines is 2. The monoisotopic (exact) mass is 502 g/mol. The molecule has 38 heavy (non-hydrogen) atoms. The van der Waals surface area contributed by atoms with Crippen molar-refractivity contribution in [2.45, 2.75) is 27.2 Å². The fourth-order valence-electron chi connectivity index (χ4n) is 4.53. The van der Waals surface area contributed by atoms with Gasteiger partial charge in [-0.2, -0.15) is 5.10 Å². The number of carbonyl (C=O) groups is 1. The molecule has 0 radical (unpaired) electrons. The minimum atomic E-state index is -0.0984. The van der Waals surface area contributed by atoms with E-state index in [9.17, 15) is 4.79 Å². The van der Waals surface area contributed by atoms with Gasteiger partial charge in [0.15, 0.2) is 5.65 Å². The average Bonchev–Trinajstić information content (AvgIpc) is 3.51. The summed E-state index contributed by atoms with van der Waals surface area (Å²) >= 11 is 0. The molecule has 0 saturated carbocycles. The molecular formula is C29H26N8O. The topological polar surface area (TPSA) is 125 Å². The molecule has 3 N–H and O–H groups in total. The van der Waals surface area contributed by atoms with E-state index in [4.69, 9.17) is 0 Å². The molecule has 9 heteroatoms. The normalized spacial score (nSPS) is 11.8. The van der Waals surface area contributed by atoms with Gasteiger partial charge in [0.05, 0.1) is 40.7 Å². The van der Waals surface area contributed by atoms with Crippen molar-refractivity contribution in [2.75, 3.05) is 5.32 Å². The third kappa shape index (κ3) is 4.61. The van der Waals surface area contributed by atoms with Gasteiger partial charge in [0, 0.05) is 58.7 Å². The van der Waals surface area contributed by atoms with Crippen molar-refractivity contribution in [1.82, 2.24) is 35.1 Å². The van der Waals surface area contributed by atoms with Gasteiger partial charge in [0.1, 0.15) is 0 Å². The summed E-state index contributed by atoms with van der Waals surface area (Å²) in [5.41, 5.74) is 7.26. The Hall–Kier alpha value is -4.92. The highest BCUT2D eigenvalue weighted by Crippen LogP contribution is 2.34. The van der Waals surface area contributed by atoms with Crippen LogP contribution in [0, 0.1) is 5.41 Å². The zero-order valence-electron chi connectivity index (χ0n) is 21.3. The molecule has 0 saturated heterocycles. The van der Waals surface area contributed by atoms with Crippen molar-refractivity contribution in [3.8, 4) is 33.8 Å². The largest absolute Gasteiger partial charge is 0.352 e. The predicted molar refractivity (Wildman–Crippen MR) is 148 cm³/mol. The fraction of sp³-hybridized carbons (Fsp3) is 0.172. The summed E-state index contributed by atoms with van der Waals surface area (Å²) in [7, 11) is 0. The van der Waals surface area contributed by atoms with Gasteiger partial charge in [0.25, 0.3) is 0 Å². The molecule has 6 aromatic rings. The number of rotatable bonds is 5. The van der Waals surface area contributed by atoms with E-state index < -0.39 is 0 Å². The average molecular weight is 503 g/mol. The Balaban J connectivity index is 1.36. The van der Waals surface area contributed by atoms with E-state index in [1.807, 2.05) is 57.3 Å². The van der Waals surface area contributed by atoms with Crippen molar-refractivity contribution in [2.24, 2.45) is 5.41 Å². The van der Waals surface area contributed by atoms with Crippen molar-refractivity contribution in [1.29, 1.82) is 0 Å². The Labute approximate surface area is 218 Å². The van der Waals surface area contributed by atoms with Crippen molar-refractivity contribution in [3.05, 3.63) is 73.6 Å². The fourth-order valence-corrected chi connectivity index (χ4v) is 4.53. The maximum absolute atomic E-state index is 12.4. The number of H-pyrrole nitrogens is 2. The Morgan fingerprint density at radius 3 is 2.58 bits per heavy atom. The lowest BCUT2D eigenvalue weighted by Crippen LogP contribution is -2.19. The number of nitrogens with one attached hydrogen (secondary N) is 3. The molecule has 0 spiro atoms. The second-order valence-electron chi connectivity index (χ2n) is 10.5. The summed E-state index contributed by atoms with van der Waals surface area (Å²) in [5, 5.41) is 12.4. The molecule has 0 fully saturated rings. The lowest BCUT2D eigenvalue weighted by atomic mass is 9.92. The number of hydrogen-bond donors (Lipinski definition) is 3. The number of amides is 1. The summed E-state index contributed by atoms with van der Waals surface area (Å²) in [4.78, 5) is 33.7. The Morgan fingerprint density at radius 2 is 1.76 bits per heavy atom. The molecular weight excluding hydrogens is 476 g/mol. The second-order valence-corrected chi connectivity index (χ2v) is 10.5. The molecule has 0 aliphatic rings. The van der Waals surface area contributed by atoms with Crippen LogP contribution in [-0.2, 0) is 4.79 Å². The van der Waals surface area contributed by atoms with Gasteiger partial charge in [-0.1, -0.05) is 26.8 Å². The number of carbonyl (C=O) groups excluding carboxylic acids is 1. The molecule has 1 amide bonds. The van der Waals surface area contributed by atoms with Crippen LogP contribution in [0.4, 0.5) is 5.69 Å². The first-order valence-corrected chi connectivity index (χ1v) is 12.3. The molecule has 9 nitrogen and oxygen atoms in total. The van der Waals surface area contributed by atoms with Crippen LogP contribution in [0.25, 0.3) is 55.7 Å². The van der Waals surface area contributed by atoms with Gasteiger partial charge in [-0.05, 0) is 35.7 Å². The van der Waals surface area contributed by atoms with Crippen LogP contribution in [0.15, 0.2) is 73.6 Å². The van der Waals surface area contributed by atoms with Gasteiger partial charge in [-0.3, -0.25) is 24.8 Å². The number of hydrogen-bond acceptors (Lipinski definition) is 6. The van der Waals surface area contributed by atoms with Crippen LogP contribution in [-0.4, -0.2) is 41.0 Å². The lowest BCUT2D eigenvalue weighted by Gasteiger charge is -2.17. The highest BCUT2D eigenvalue weighted by molar-refractivity contribution is 6.00. The Bertz CT molecular complexity index is 1780. The summed E-state index contributed by atoms with van der Waals surface area (Å²) in [6.45, 7) is 6.11. The maximum Gasteiger partial charge on any atom is 0.224 e. The standard InChI is InChI=1S/C29H26N8O/c1-29(2,3)11-26(38)34-19-8-17(12-30-14-19)18-9-21-27(36-37-28(21)33-13-18)24-10-20-22(15-31-16-25(20)35-24)23-6-4-5-7-32-23/h4-10,12-16,35H,11H2,1-3H3,(H,34,38)(H,33,36,37). The summed E-state index contributed by atoms with van der Waals surface area (Å²) in [6.07, 6.45) is 11.0. The van der Waals surface area contributed by atoms with Crippen LogP contribution in [0.5, 0.6) is 0 Å². The van der Waals surface area contributed by atoms with Crippen molar-refractivity contribution >= 4 is 33.5 Å². The smallest absolute Gasteiger partial charge is 0.224 e. The SMILES string of the molecule is CC(C)(C)CC(=O)Nc1cncc(-c2cnc3n[nH]c(-c4cc5c(-c6ccccn6)cncc5[nH]4)c3c2)c1. The highest BCUT2D eigenvalue weighted by Gasteiger charge is 2.17. The van der Waals surface area contributed by atoms with Crippen LogP contribution >= 0.6 is 0 Å². The number of anilines is 1. The summed E-state index contributed by atoms with van der Waals surface area (Å²) in [5.74, 6) is -0.0412. The van der Waals surface area contributed by atoms with E-state index in [2.05, 4.69) is 46.5 Å². The molecule has 0 unspecified atom stereocenters. The van der Waals surface area contributed by atoms with Gasteiger partial charge in [-0.25, -0.2) is 4.98 Å². The van der Waals surface area contributed by atoms with E-state index >= 15 is 0 Å². The third-order valence-corrected chi connectivity index (χ3v) is 6.21. The van der Waals surface area contributed by atoms with E-state index in [1.54, 1.807) is 31.0 Å². The maximum atomic E-state index is 12.4. The molecule has 188 valence electrons. The molecule has 0 aromatic carbocycles. The molecule has 0 atom stereocenters. The molecule has 0 aliphatic carbocycles. The van der Waals surface area contributed by atoms with E-state index in [0.717, 1.165) is 50.1 Å². The summed E-state index contributed by atoms with van der Waals surface area (Å²) < 4.78 is 0. The molecule has 0 bridgehead atoms. The first-order valence-electron chi connectivity index (χ1n) is 12.3. The van der Waals surface area contributed by atoms with Gasteiger partial charge >= 0.3 is 0 Å². The number of nitrogens with zero attached hydrogens (tertiary/aromatic N) is 5. The molecule has 6 heterocycles. The zero-order chi connectivity index (χ0) is 26.3. The Morgan fingerprint density at radius 1 is 0.921 bits per heavy atom.